The number of amides is 2. The maximum absolute atomic E-state index is 12.0. The average molecular weight is 291 g/mol. The number of anilines is 1. The molecule has 21 heavy (non-hydrogen) atoms. The fourth-order valence-electron chi connectivity index (χ4n) is 1.78. The highest BCUT2D eigenvalue weighted by molar-refractivity contribution is 5.94. The van der Waals surface area contributed by atoms with Gasteiger partial charge in [-0.25, -0.2) is 0 Å². The second-order valence-corrected chi connectivity index (χ2v) is 5.50. The quantitative estimate of drug-likeness (QED) is 0.718. The van der Waals surface area contributed by atoms with Crippen LogP contribution in [0.3, 0.4) is 0 Å². The minimum atomic E-state index is -0.349. The van der Waals surface area contributed by atoms with Gasteiger partial charge in [0.2, 0.25) is 11.8 Å². The van der Waals surface area contributed by atoms with E-state index in [9.17, 15) is 9.59 Å². The minimum Gasteiger partial charge on any atom is -0.354 e. The third-order valence-electron chi connectivity index (χ3n) is 2.96. The maximum atomic E-state index is 12.0. The molecule has 0 aliphatic carbocycles. The molecule has 0 saturated carbocycles. The fourth-order valence-corrected chi connectivity index (χ4v) is 1.78. The van der Waals surface area contributed by atoms with Crippen molar-refractivity contribution < 1.29 is 9.59 Å². The second kappa shape index (κ2) is 8.42. The van der Waals surface area contributed by atoms with Gasteiger partial charge in [-0.3, -0.25) is 9.59 Å². The van der Waals surface area contributed by atoms with Crippen LogP contribution in [0.2, 0.25) is 0 Å². The van der Waals surface area contributed by atoms with E-state index in [1.807, 2.05) is 45.0 Å². The first-order chi connectivity index (χ1) is 9.88. The summed E-state index contributed by atoms with van der Waals surface area (Å²) in [6.07, 6.45) is 0.361. The van der Waals surface area contributed by atoms with Gasteiger partial charge in [-0.05, 0) is 39.8 Å². The number of hydrogen-bond acceptors (Lipinski definition) is 3. The Labute approximate surface area is 126 Å². The predicted molar refractivity (Wildman–Crippen MR) is 85.2 cm³/mol. The molecule has 0 heterocycles. The van der Waals surface area contributed by atoms with E-state index in [0.29, 0.717) is 13.0 Å². The number of rotatable bonds is 7. The summed E-state index contributed by atoms with van der Waals surface area (Å²) in [5, 5.41) is 8.69. The molecule has 0 radical (unpaired) electrons. The zero-order valence-corrected chi connectivity index (χ0v) is 13.2. The average Bonchev–Trinajstić information content (AvgIpc) is 2.40. The van der Waals surface area contributed by atoms with Crippen LogP contribution in [0.4, 0.5) is 5.69 Å². The summed E-state index contributed by atoms with van der Waals surface area (Å²) in [6.45, 7) is 8.09. The lowest BCUT2D eigenvalue weighted by atomic mass is 10.2. The third kappa shape index (κ3) is 6.90. The van der Waals surface area contributed by atoms with Gasteiger partial charge in [0.05, 0.1) is 6.04 Å². The van der Waals surface area contributed by atoms with Gasteiger partial charge < -0.3 is 16.0 Å². The molecule has 0 aromatic heterocycles. The topological polar surface area (TPSA) is 70.2 Å². The standard InChI is InChI=1S/C16H25N3O2/c1-11(2)18-15(20)9-10-17-13(4)16(21)19-14-7-5-12(3)6-8-14/h5-8,11,13,17H,9-10H2,1-4H3,(H,18,20)(H,19,21). The summed E-state index contributed by atoms with van der Waals surface area (Å²) in [7, 11) is 0. The summed E-state index contributed by atoms with van der Waals surface area (Å²) in [5.74, 6) is -0.119. The summed E-state index contributed by atoms with van der Waals surface area (Å²) in [4.78, 5) is 23.5. The molecule has 1 aromatic rings. The number of nitrogens with one attached hydrogen (secondary N) is 3. The van der Waals surface area contributed by atoms with Crippen LogP contribution in [0.15, 0.2) is 24.3 Å². The Morgan fingerprint density at radius 2 is 1.71 bits per heavy atom. The normalized spacial score (nSPS) is 12.0. The largest absolute Gasteiger partial charge is 0.354 e. The molecule has 0 saturated heterocycles. The zero-order valence-electron chi connectivity index (χ0n) is 13.2. The molecule has 1 unspecified atom stereocenters. The van der Waals surface area contributed by atoms with E-state index in [1.165, 1.54) is 0 Å². The summed E-state index contributed by atoms with van der Waals surface area (Å²) in [5.41, 5.74) is 1.92. The lowest BCUT2D eigenvalue weighted by molar-refractivity contribution is -0.122. The van der Waals surface area contributed by atoms with Gasteiger partial charge in [-0.1, -0.05) is 17.7 Å². The lowest BCUT2D eigenvalue weighted by Gasteiger charge is -2.14. The van der Waals surface area contributed by atoms with Crippen molar-refractivity contribution in [2.75, 3.05) is 11.9 Å². The monoisotopic (exact) mass is 291 g/mol. The van der Waals surface area contributed by atoms with Crippen molar-refractivity contribution in [3.05, 3.63) is 29.8 Å². The highest BCUT2D eigenvalue weighted by Gasteiger charge is 2.12. The van der Waals surface area contributed by atoms with Gasteiger partial charge >= 0.3 is 0 Å². The Hall–Kier alpha value is -1.88. The minimum absolute atomic E-state index is 0.0105. The number of carbonyl (C=O) groups is 2. The summed E-state index contributed by atoms with van der Waals surface area (Å²) >= 11 is 0. The van der Waals surface area contributed by atoms with Crippen LogP contribution in [0.25, 0.3) is 0 Å². The van der Waals surface area contributed by atoms with Crippen molar-refractivity contribution in [2.24, 2.45) is 0 Å². The van der Waals surface area contributed by atoms with E-state index >= 15 is 0 Å². The van der Waals surface area contributed by atoms with Crippen LogP contribution >= 0.6 is 0 Å². The molecule has 1 aromatic carbocycles. The van der Waals surface area contributed by atoms with E-state index in [0.717, 1.165) is 11.3 Å². The van der Waals surface area contributed by atoms with Crippen LogP contribution in [-0.4, -0.2) is 30.4 Å². The SMILES string of the molecule is Cc1ccc(NC(=O)C(C)NCCC(=O)NC(C)C)cc1. The molecular weight excluding hydrogens is 266 g/mol. The van der Waals surface area contributed by atoms with Gasteiger partial charge in [0.1, 0.15) is 0 Å². The molecule has 1 atom stereocenters. The Morgan fingerprint density at radius 3 is 2.29 bits per heavy atom. The maximum Gasteiger partial charge on any atom is 0.241 e. The van der Waals surface area contributed by atoms with Crippen LogP contribution in [-0.2, 0) is 9.59 Å². The van der Waals surface area contributed by atoms with E-state index in [4.69, 9.17) is 0 Å². The smallest absolute Gasteiger partial charge is 0.241 e. The van der Waals surface area contributed by atoms with Gasteiger partial charge in [0, 0.05) is 24.7 Å². The molecule has 5 nitrogen and oxygen atoms in total. The van der Waals surface area contributed by atoms with E-state index in [2.05, 4.69) is 16.0 Å². The van der Waals surface area contributed by atoms with Gasteiger partial charge in [-0.15, -0.1) is 0 Å². The van der Waals surface area contributed by atoms with Crippen molar-refractivity contribution in [3.63, 3.8) is 0 Å². The highest BCUT2D eigenvalue weighted by Crippen LogP contribution is 2.08. The Morgan fingerprint density at radius 1 is 1.10 bits per heavy atom. The number of benzene rings is 1. The van der Waals surface area contributed by atoms with Gasteiger partial charge in [0.15, 0.2) is 0 Å². The van der Waals surface area contributed by atoms with E-state index in [-0.39, 0.29) is 23.9 Å². The molecule has 0 spiro atoms. The Kier molecular flexibility index (Phi) is 6.88. The molecule has 1 rings (SSSR count). The Bertz CT molecular complexity index is 469. The molecule has 116 valence electrons. The first-order valence-corrected chi connectivity index (χ1v) is 7.28. The molecule has 0 aliphatic heterocycles. The third-order valence-corrected chi connectivity index (χ3v) is 2.96. The highest BCUT2D eigenvalue weighted by atomic mass is 16.2. The van der Waals surface area contributed by atoms with E-state index in [1.54, 1.807) is 6.92 Å². The first kappa shape index (κ1) is 17.2. The van der Waals surface area contributed by atoms with Crippen molar-refractivity contribution in [1.82, 2.24) is 10.6 Å². The fraction of sp³-hybridized carbons (Fsp3) is 0.500. The summed E-state index contributed by atoms with van der Waals surface area (Å²) in [6, 6.07) is 7.43. The molecule has 5 heteroatoms. The number of carbonyl (C=O) groups excluding carboxylic acids is 2. The molecule has 0 aliphatic rings. The lowest BCUT2D eigenvalue weighted by Crippen LogP contribution is -2.40. The van der Waals surface area contributed by atoms with Gasteiger partial charge in [0.25, 0.3) is 0 Å². The molecule has 0 bridgehead atoms. The second-order valence-electron chi connectivity index (χ2n) is 5.50. The zero-order chi connectivity index (χ0) is 15.8. The van der Waals surface area contributed by atoms with Crippen LogP contribution in [0, 0.1) is 6.92 Å². The number of hydrogen-bond donors (Lipinski definition) is 3. The molecular formula is C16H25N3O2. The predicted octanol–water partition coefficient (Wildman–Crippen LogP) is 1.83. The van der Waals surface area contributed by atoms with Crippen molar-refractivity contribution >= 4 is 17.5 Å². The summed E-state index contributed by atoms with van der Waals surface area (Å²) < 4.78 is 0. The Balaban J connectivity index is 2.31. The molecule has 3 N–H and O–H groups in total. The van der Waals surface area contributed by atoms with Crippen LogP contribution in [0.1, 0.15) is 32.8 Å². The first-order valence-electron chi connectivity index (χ1n) is 7.28. The number of aryl methyl sites for hydroxylation is 1. The van der Waals surface area contributed by atoms with Gasteiger partial charge in [-0.2, -0.15) is 0 Å². The van der Waals surface area contributed by atoms with Crippen molar-refractivity contribution in [2.45, 2.75) is 46.2 Å². The van der Waals surface area contributed by atoms with Crippen molar-refractivity contribution in [1.29, 1.82) is 0 Å². The van der Waals surface area contributed by atoms with E-state index < -0.39 is 0 Å². The van der Waals surface area contributed by atoms with Crippen LogP contribution < -0.4 is 16.0 Å². The molecule has 0 fully saturated rings. The molecule has 2 amide bonds. The van der Waals surface area contributed by atoms with Crippen molar-refractivity contribution in [3.8, 4) is 0 Å². The van der Waals surface area contributed by atoms with Crippen LogP contribution in [0.5, 0.6) is 0 Å².